The van der Waals surface area contributed by atoms with Crippen LogP contribution in [0.2, 0.25) is 0 Å². The van der Waals surface area contributed by atoms with Gasteiger partial charge in [-0.05, 0) is 24.3 Å². The summed E-state index contributed by atoms with van der Waals surface area (Å²) in [6, 6.07) is 7.23. The van der Waals surface area contributed by atoms with E-state index in [9.17, 15) is 4.79 Å². The van der Waals surface area contributed by atoms with E-state index in [-0.39, 0.29) is 5.91 Å². The van der Waals surface area contributed by atoms with E-state index in [1.54, 1.807) is 12.1 Å². The molecular formula is C12H16BrNO3. The third kappa shape index (κ3) is 6.28. The summed E-state index contributed by atoms with van der Waals surface area (Å²) in [6.45, 7) is 3.25. The fourth-order valence-electron chi connectivity index (χ4n) is 1.21. The maximum Gasteiger partial charge on any atom is 0.221 e. The van der Waals surface area contributed by atoms with E-state index in [1.165, 1.54) is 6.92 Å². The average Bonchev–Trinajstić information content (AvgIpc) is 2.30. The van der Waals surface area contributed by atoms with Crippen molar-refractivity contribution in [1.29, 1.82) is 0 Å². The maximum absolute atomic E-state index is 10.8. The Morgan fingerprint density at radius 3 is 2.53 bits per heavy atom. The Hall–Kier alpha value is -1.07. The lowest BCUT2D eigenvalue weighted by Crippen LogP contribution is -2.08. The van der Waals surface area contributed by atoms with E-state index in [2.05, 4.69) is 21.2 Å². The van der Waals surface area contributed by atoms with Crippen molar-refractivity contribution in [3.8, 4) is 5.75 Å². The molecule has 0 saturated heterocycles. The lowest BCUT2D eigenvalue weighted by atomic mass is 10.3. The van der Waals surface area contributed by atoms with Crippen molar-refractivity contribution in [3.05, 3.63) is 24.3 Å². The predicted octanol–water partition coefficient (Wildman–Crippen LogP) is 2.44. The predicted molar refractivity (Wildman–Crippen MR) is 70.9 cm³/mol. The zero-order valence-electron chi connectivity index (χ0n) is 9.74. The second-order valence-corrected chi connectivity index (χ2v) is 4.15. The minimum Gasteiger partial charge on any atom is -0.491 e. The highest BCUT2D eigenvalue weighted by atomic mass is 79.9. The van der Waals surface area contributed by atoms with Crippen LogP contribution in [0.25, 0.3) is 0 Å². The van der Waals surface area contributed by atoms with Crippen molar-refractivity contribution in [1.82, 2.24) is 0 Å². The van der Waals surface area contributed by atoms with Gasteiger partial charge in [0, 0.05) is 17.9 Å². The molecule has 4 nitrogen and oxygen atoms in total. The summed E-state index contributed by atoms with van der Waals surface area (Å²) in [5, 5.41) is 3.52. The Morgan fingerprint density at radius 1 is 1.24 bits per heavy atom. The van der Waals surface area contributed by atoms with Crippen molar-refractivity contribution in [3.63, 3.8) is 0 Å². The highest BCUT2D eigenvalue weighted by Crippen LogP contribution is 2.15. The number of rotatable bonds is 7. The molecular weight excluding hydrogens is 286 g/mol. The van der Waals surface area contributed by atoms with Crippen LogP contribution in [0.15, 0.2) is 24.3 Å². The molecule has 0 radical (unpaired) electrons. The Labute approximate surface area is 109 Å². The first kappa shape index (κ1) is 14.0. The Kier molecular flexibility index (Phi) is 6.65. The fourth-order valence-corrected chi connectivity index (χ4v) is 1.44. The summed E-state index contributed by atoms with van der Waals surface area (Å²) in [4.78, 5) is 10.8. The summed E-state index contributed by atoms with van der Waals surface area (Å²) < 4.78 is 10.7. The number of halogens is 1. The van der Waals surface area contributed by atoms with Gasteiger partial charge in [-0.15, -0.1) is 0 Å². The minimum atomic E-state index is -0.0816. The number of alkyl halides is 1. The summed E-state index contributed by atoms with van der Waals surface area (Å²) in [6.07, 6.45) is 0. The molecule has 1 aromatic carbocycles. The summed E-state index contributed by atoms with van der Waals surface area (Å²) in [5.41, 5.74) is 0.764. The molecule has 0 aliphatic heterocycles. The molecule has 0 atom stereocenters. The van der Waals surface area contributed by atoms with Crippen molar-refractivity contribution in [2.75, 3.05) is 30.5 Å². The normalized spacial score (nSPS) is 10.0. The van der Waals surface area contributed by atoms with E-state index < -0.39 is 0 Å². The molecule has 0 saturated carbocycles. The number of hydrogen-bond donors (Lipinski definition) is 1. The van der Waals surface area contributed by atoms with Crippen LogP contribution in [0.1, 0.15) is 6.92 Å². The lowest BCUT2D eigenvalue weighted by molar-refractivity contribution is -0.114. The van der Waals surface area contributed by atoms with Gasteiger partial charge in [-0.1, -0.05) is 15.9 Å². The van der Waals surface area contributed by atoms with Crippen molar-refractivity contribution in [2.45, 2.75) is 6.92 Å². The maximum atomic E-state index is 10.8. The van der Waals surface area contributed by atoms with Gasteiger partial charge in [-0.25, -0.2) is 0 Å². The highest BCUT2D eigenvalue weighted by molar-refractivity contribution is 9.09. The van der Waals surface area contributed by atoms with E-state index in [0.717, 1.165) is 16.8 Å². The smallest absolute Gasteiger partial charge is 0.221 e. The number of carbonyl (C=O) groups is 1. The number of nitrogens with one attached hydrogen (secondary N) is 1. The summed E-state index contributed by atoms with van der Waals surface area (Å²) >= 11 is 3.27. The molecule has 5 heteroatoms. The monoisotopic (exact) mass is 301 g/mol. The first-order valence-corrected chi connectivity index (χ1v) is 6.48. The van der Waals surface area contributed by atoms with E-state index in [1.807, 2.05) is 12.1 Å². The van der Waals surface area contributed by atoms with Gasteiger partial charge < -0.3 is 14.8 Å². The van der Waals surface area contributed by atoms with Gasteiger partial charge >= 0.3 is 0 Å². The summed E-state index contributed by atoms with van der Waals surface area (Å²) in [7, 11) is 0. The quantitative estimate of drug-likeness (QED) is 0.621. The number of benzene rings is 1. The van der Waals surface area contributed by atoms with Crippen molar-refractivity contribution >= 4 is 27.5 Å². The topological polar surface area (TPSA) is 47.6 Å². The molecule has 1 N–H and O–H groups in total. The van der Waals surface area contributed by atoms with Gasteiger partial charge in [0.2, 0.25) is 5.91 Å². The van der Waals surface area contributed by atoms with E-state index in [0.29, 0.717) is 19.8 Å². The van der Waals surface area contributed by atoms with Crippen LogP contribution in [0.3, 0.4) is 0 Å². The van der Waals surface area contributed by atoms with Crippen LogP contribution in [0, 0.1) is 0 Å². The minimum absolute atomic E-state index is 0.0816. The number of ether oxygens (including phenoxy) is 2. The summed E-state index contributed by atoms with van der Waals surface area (Å²) in [5.74, 6) is 0.684. The van der Waals surface area contributed by atoms with Crippen molar-refractivity contribution in [2.24, 2.45) is 0 Å². The molecule has 0 heterocycles. The zero-order valence-corrected chi connectivity index (χ0v) is 11.3. The molecule has 1 amide bonds. The molecule has 1 aromatic rings. The third-order valence-corrected chi connectivity index (χ3v) is 2.22. The molecule has 1 rings (SSSR count). The average molecular weight is 302 g/mol. The largest absolute Gasteiger partial charge is 0.491 e. The molecule has 0 unspecified atom stereocenters. The molecule has 17 heavy (non-hydrogen) atoms. The van der Waals surface area contributed by atoms with Gasteiger partial charge in [-0.2, -0.15) is 0 Å². The van der Waals surface area contributed by atoms with Crippen LogP contribution in [-0.4, -0.2) is 31.1 Å². The third-order valence-electron chi connectivity index (χ3n) is 1.89. The zero-order chi connectivity index (χ0) is 12.5. The van der Waals surface area contributed by atoms with Gasteiger partial charge in [0.05, 0.1) is 13.2 Å². The van der Waals surface area contributed by atoms with Crippen LogP contribution < -0.4 is 10.1 Å². The van der Waals surface area contributed by atoms with Gasteiger partial charge in [0.25, 0.3) is 0 Å². The first-order valence-electron chi connectivity index (χ1n) is 5.36. The van der Waals surface area contributed by atoms with E-state index in [4.69, 9.17) is 9.47 Å². The molecule has 0 aliphatic carbocycles. The number of carbonyl (C=O) groups excluding carboxylic acids is 1. The SMILES string of the molecule is CC(=O)Nc1ccc(OCCOCCBr)cc1. The molecule has 0 bridgehead atoms. The number of hydrogen-bond acceptors (Lipinski definition) is 3. The van der Waals surface area contributed by atoms with Crippen molar-refractivity contribution < 1.29 is 14.3 Å². The Morgan fingerprint density at radius 2 is 1.94 bits per heavy atom. The fraction of sp³-hybridized carbons (Fsp3) is 0.417. The number of amides is 1. The molecule has 0 fully saturated rings. The van der Waals surface area contributed by atoms with Gasteiger partial charge in [-0.3, -0.25) is 4.79 Å². The highest BCUT2D eigenvalue weighted by Gasteiger charge is 1.97. The van der Waals surface area contributed by atoms with Crippen LogP contribution in [0.5, 0.6) is 5.75 Å². The molecule has 0 spiro atoms. The Bertz CT molecular complexity index is 340. The second-order valence-electron chi connectivity index (χ2n) is 3.36. The number of anilines is 1. The lowest BCUT2D eigenvalue weighted by Gasteiger charge is -2.07. The second kappa shape index (κ2) is 8.08. The standard InChI is InChI=1S/C12H16BrNO3/c1-10(15)14-11-2-4-12(5-3-11)17-9-8-16-7-6-13/h2-5H,6-9H2,1H3,(H,14,15). The Balaban J connectivity index is 2.28. The van der Waals surface area contributed by atoms with E-state index >= 15 is 0 Å². The van der Waals surface area contributed by atoms with Crippen LogP contribution in [0.4, 0.5) is 5.69 Å². The molecule has 0 aliphatic rings. The molecule has 0 aromatic heterocycles. The van der Waals surface area contributed by atoms with Gasteiger partial charge in [0.1, 0.15) is 12.4 Å². The van der Waals surface area contributed by atoms with Crippen LogP contribution >= 0.6 is 15.9 Å². The first-order chi connectivity index (χ1) is 8.22. The van der Waals surface area contributed by atoms with Gasteiger partial charge in [0.15, 0.2) is 0 Å². The van der Waals surface area contributed by atoms with Crippen LogP contribution in [-0.2, 0) is 9.53 Å². The molecule has 94 valence electrons.